The lowest BCUT2D eigenvalue weighted by molar-refractivity contribution is -0.128. The fourth-order valence-electron chi connectivity index (χ4n) is 3.53. The molecule has 2 aliphatic rings. The van der Waals surface area contributed by atoms with Gasteiger partial charge in [0.25, 0.3) is 5.91 Å². The maximum Gasteiger partial charge on any atom is 0.254 e. The SMILES string of the molecule is Cl.O=C(Nc1ccc(CC(=O)N2CCc3ccccc32)cc1)C1CNCCO1. The first-order chi connectivity index (χ1) is 13.2. The minimum atomic E-state index is -0.463. The summed E-state index contributed by atoms with van der Waals surface area (Å²) in [6.07, 6.45) is 0.790. The second-order valence-electron chi connectivity index (χ2n) is 6.85. The van der Waals surface area contributed by atoms with Crippen molar-refractivity contribution < 1.29 is 14.3 Å². The molecule has 1 unspecified atom stereocenters. The number of morpholine rings is 1. The van der Waals surface area contributed by atoms with Crippen LogP contribution in [0.2, 0.25) is 0 Å². The summed E-state index contributed by atoms with van der Waals surface area (Å²) in [6, 6.07) is 15.5. The monoisotopic (exact) mass is 401 g/mol. The summed E-state index contributed by atoms with van der Waals surface area (Å²) >= 11 is 0. The summed E-state index contributed by atoms with van der Waals surface area (Å²) in [5.74, 6) is -0.0573. The van der Waals surface area contributed by atoms with Gasteiger partial charge in [-0.3, -0.25) is 9.59 Å². The van der Waals surface area contributed by atoms with Crippen molar-refractivity contribution in [3.63, 3.8) is 0 Å². The minimum absolute atomic E-state index is 0. The predicted molar refractivity (Wildman–Crippen MR) is 111 cm³/mol. The van der Waals surface area contributed by atoms with Crippen LogP contribution in [0.3, 0.4) is 0 Å². The molecule has 0 bridgehead atoms. The summed E-state index contributed by atoms with van der Waals surface area (Å²) in [7, 11) is 0. The van der Waals surface area contributed by atoms with Crippen molar-refractivity contribution in [3.05, 3.63) is 59.7 Å². The van der Waals surface area contributed by atoms with Crippen LogP contribution in [-0.2, 0) is 27.2 Å². The molecule has 6 nitrogen and oxygen atoms in total. The largest absolute Gasteiger partial charge is 0.366 e. The van der Waals surface area contributed by atoms with Gasteiger partial charge in [0, 0.05) is 31.0 Å². The van der Waals surface area contributed by atoms with E-state index in [1.165, 1.54) is 5.56 Å². The number of fused-ring (bicyclic) bond motifs is 1. The number of para-hydroxylation sites is 1. The van der Waals surface area contributed by atoms with Crippen LogP contribution in [0, 0.1) is 0 Å². The number of nitrogens with one attached hydrogen (secondary N) is 2. The highest BCUT2D eigenvalue weighted by Gasteiger charge is 2.24. The molecule has 2 heterocycles. The number of hydrogen-bond donors (Lipinski definition) is 2. The van der Waals surface area contributed by atoms with Crippen LogP contribution in [0.5, 0.6) is 0 Å². The summed E-state index contributed by atoms with van der Waals surface area (Å²) in [5.41, 5.74) is 3.88. The van der Waals surface area contributed by atoms with Crippen LogP contribution >= 0.6 is 12.4 Å². The van der Waals surface area contributed by atoms with E-state index in [1.54, 1.807) is 0 Å². The van der Waals surface area contributed by atoms with Gasteiger partial charge in [0.2, 0.25) is 5.91 Å². The highest BCUT2D eigenvalue weighted by Crippen LogP contribution is 2.28. The molecule has 7 heteroatoms. The summed E-state index contributed by atoms with van der Waals surface area (Å²) in [6.45, 7) is 2.57. The van der Waals surface area contributed by atoms with Gasteiger partial charge in [-0.15, -0.1) is 12.4 Å². The fraction of sp³-hybridized carbons (Fsp3) is 0.333. The van der Waals surface area contributed by atoms with Gasteiger partial charge in [0.05, 0.1) is 13.0 Å². The normalized spacial score (nSPS) is 18.1. The van der Waals surface area contributed by atoms with Crippen molar-refractivity contribution in [2.45, 2.75) is 18.9 Å². The number of rotatable bonds is 4. The third-order valence-corrected chi connectivity index (χ3v) is 4.99. The molecule has 1 saturated heterocycles. The van der Waals surface area contributed by atoms with Crippen LogP contribution < -0.4 is 15.5 Å². The van der Waals surface area contributed by atoms with Crippen molar-refractivity contribution in [2.75, 3.05) is 36.5 Å². The fourth-order valence-corrected chi connectivity index (χ4v) is 3.53. The maximum atomic E-state index is 12.7. The van der Waals surface area contributed by atoms with Crippen molar-refractivity contribution in [1.82, 2.24) is 5.32 Å². The highest BCUT2D eigenvalue weighted by atomic mass is 35.5. The Kier molecular flexibility index (Phi) is 6.67. The number of benzene rings is 2. The maximum absolute atomic E-state index is 12.7. The number of amides is 2. The Bertz CT molecular complexity index is 835. The number of halogens is 1. The second kappa shape index (κ2) is 9.19. The smallest absolute Gasteiger partial charge is 0.254 e. The molecule has 4 rings (SSSR count). The first-order valence-electron chi connectivity index (χ1n) is 9.31. The predicted octanol–water partition coefficient (Wildman–Crippen LogP) is 2.17. The Morgan fingerprint density at radius 1 is 1.14 bits per heavy atom. The number of carbonyl (C=O) groups is 2. The van der Waals surface area contributed by atoms with Gasteiger partial charge in [-0.1, -0.05) is 30.3 Å². The van der Waals surface area contributed by atoms with Crippen LogP contribution in [0.15, 0.2) is 48.5 Å². The van der Waals surface area contributed by atoms with E-state index in [9.17, 15) is 9.59 Å². The molecule has 2 aromatic carbocycles. The molecule has 2 aromatic rings. The minimum Gasteiger partial charge on any atom is -0.366 e. The van der Waals surface area contributed by atoms with Gasteiger partial charge in [-0.05, 0) is 35.7 Å². The molecule has 2 N–H and O–H groups in total. The molecule has 2 amide bonds. The van der Waals surface area contributed by atoms with E-state index in [-0.39, 0.29) is 24.2 Å². The zero-order valence-electron chi connectivity index (χ0n) is 15.5. The van der Waals surface area contributed by atoms with E-state index in [1.807, 2.05) is 47.4 Å². The van der Waals surface area contributed by atoms with Crippen LogP contribution in [0.25, 0.3) is 0 Å². The molecule has 2 aliphatic heterocycles. The molecule has 0 saturated carbocycles. The van der Waals surface area contributed by atoms with Crippen LogP contribution in [0.1, 0.15) is 11.1 Å². The van der Waals surface area contributed by atoms with Gasteiger partial charge in [-0.2, -0.15) is 0 Å². The van der Waals surface area contributed by atoms with Crippen molar-refractivity contribution in [1.29, 1.82) is 0 Å². The van der Waals surface area contributed by atoms with E-state index in [4.69, 9.17) is 4.74 Å². The second-order valence-corrected chi connectivity index (χ2v) is 6.85. The zero-order chi connectivity index (χ0) is 18.6. The first kappa shape index (κ1) is 20.3. The highest BCUT2D eigenvalue weighted by molar-refractivity contribution is 5.97. The number of hydrogen-bond acceptors (Lipinski definition) is 4. The third-order valence-electron chi connectivity index (χ3n) is 4.99. The van der Waals surface area contributed by atoms with Crippen molar-refractivity contribution >= 4 is 35.6 Å². The molecule has 0 radical (unpaired) electrons. The zero-order valence-corrected chi connectivity index (χ0v) is 16.3. The standard InChI is InChI=1S/C21H23N3O3.ClH/c25-20(24-11-9-16-3-1-2-4-18(16)24)13-15-5-7-17(8-6-15)23-21(26)19-14-22-10-12-27-19;/h1-8,19,22H,9-14H2,(H,23,26);1H. The van der Waals surface area contributed by atoms with Gasteiger partial charge < -0.3 is 20.3 Å². The Morgan fingerprint density at radius 2 is 1.93 bits per heavy atom. The van der Waals surface area contributed by atoms with E-state index in [0.29, 0.717) is 25.3 Å². The van der Waals surface area contributed by atoms with E-state index < -0.39 is 6.10 Å². The number of anilines is 2. The Balaban J connectivity index is 0.00000225. The summed E-state index contributed by atoms with van der Waals surface area (Å²) in [5, 5.41) is 6.00. The molecule has 0 aliphatic carbocycles. The molecule has 0 aromatic heterocycles. The topological polar surface area (TPSA) is 70.7 Å². The lowest BCUT2D eigenvalue weighted by Crippen LogP contribution is -2.45. The Morgan fingerprint density at radius 3 is 2.68 bits per heavy atom. The summed E-state index contributed by atoms with van der Waals surface area (Å²) in [4.78, 5) is 26.7. The van der Waals surface area contributed by atoms with E-state index >= 15 is 0 Å². The number of ether oxygens (including phenoxy) is 1. The average Bonchev–Trinajstić information content (AvgIpc) is 3.14. The lowest BCUT2D eigenvalue weighted by Gasteiger charge is -2.22. The average molecular weight is 402 g/mol. The van der Waals surface area contributed by atoms with Gasteiger partial charge in [0.1, 0.15) is 6.10 Å². The van der Waals surface area contributed by atoms with Crippen LogP contribution in [-0.4, -0.2) is 44.2 Å². The van der Waals surface area contributed by atoms with Gasteiger partial charge in [-0.25, -0.2) is 0 Å². The third kappa shape index (κ3) is 4.52. The molecule has 1 atom stereocenters. The Labute approximate surface area is 170 Å². The molecular formula is C21H24ClN3O3. The Hall–Kier alpha value is -2.41. The quantitative estimate of drug-likeness (QED) is 0.823. The molecule has 148 valence electrons. The molecule has 1 fully saturated rings. The van der Waals surface area contributed by atoms with E-state index in [0.717, 1.165) is 30.8 Å². The van der Waals surface area contributed by atoms with Crippen molar-refractivity contribution in [3.8, 4) is 0 Å². The van der Waals surface area contributed by atoms with E-state index in [2.05, 4.69) is 16.7 Å². The van der Waals surface area contributed by atoms with Crippen LogP contribution in [0.4, 0.5) is 11.4 Å². The molecule has 28 heavy (non-hydrogen) atoms. The lowest BCUT2D eigenvalue weighted by atomic mass is 10.1. The first-order valence-corrected chi connectivity index (χ1v) is 9.31. The molecule has 0 spiro atoms. The van der Waals surface area contributed by atoms with Gasteiger partial charge >= 0.3 is 0 Å². The number of nitrogens with zero attached hydrogens (tertiary/aromatic N) is 1. The summed E-state index contributed by atoms with van der Waals surface area (Å²) < 4.78 is 5.45. The molecular weight excluding hydrogens is 378 g/mol. The van der Waals surface area contributed by atoms with Gasteiger partial charge in [0.15, 0.2) is 0 Å². The number of carbonyl (C=O) groups excluding carboxylic acids is 2. The van der Waals surface area contributed by atoms with Crippen molar-refractivity contribution in [2.24, 2.45) is 0 Å².